The summed E-state index contributed by atoms with van der Waals surface area (Å²) in [7, 11) is 0. The van der Waals surface area contributed by atoms with Gasteiger partial charge in [0.15, 0.2) is 0 Å². The van der Waals surface area contributed by atoms with Crippen molar-refractivity contribution in [2.75, 3.05) is 0 Å². The van der Waals surface area contributed by atoms with Gasteiger partial charge in [-0.2, -0.15) is 26.3 Å². The predicted octanol–water partition coefficient (Wildman–Crippen LogP) is 3.79. The smallest absolute Gasteiger partial charge is 0.368 e. The van der Waals surface area contributed by atoms with Crippen molar-refractivity contribution in [1.82, 2.24) is 5.32 Å². The lowest BCUT2D eigenvalue weighted by Gasteiger charge is -2.17. The zero-order valence-corrected chi connectivity index (χ0v) is 15.7. The molecular weight excluding hydrogens is 414 g/mol. The average Bonchev–Trinajstić information content (AvgIpc) is 2.59. The Bertz CT molecular complexity index is 905. The van der Waals surface area contributed by atoms with E-state index in [4.69, 9.17) is 5.73 Å². The molecule has 1 atom stereocenters. The van der Waals surface area contributed by atoms with Crippen molar-refractivity contribution in [2.24, 2.45) is 5.73 Å². The number of rotatable bonds is 6. The zero-order valence-electron chi connectivity index (χ0n) is 15.7. The van der Waals surface area contributed by atoms with Crippen molar-refractivity contribution in [1.29, 1.82) is 0 Å². The van der Waals surface area contributed by atoms with Crippen molar-refractivity contribution in [2.45, 2.75) is 38.2 Å². The van der Waals surface area contributed by atoms with Crippen molar-refractivity contribution in [3.63, 3.8) is 0 Å². The van der Waals surface area contributed by atoms with Crippen molar-refractivity contribution in [3.8, 4) is 0 Å². The third-order valence-corrected chi connectivity index (χ3v) is 4.21. The number of carbonyl (C=O) groups is 2. The van der Waals surface area contributed by atoms with Crippen LogP contribution in [0, 0.1) is 6.92 Å². The van der Waals surface area contributed by atoms with Crippen LogP contribution >= 0.6 is 0 Å². The van der Waals surface area contributed by atoms with Crippen LogP contribution in [0.15, 0.2) is 42.5 Å². The van der Waals surface area contributed by atoms with Gasteiger partial charge in [-0.25, -0.2) is 0 Å². The lowest BCUT2D eigenvalue weighted by Crippen LogP contribution is -2.46. The highest BCUT2D eigenvalue weighted by Gasteiger charge is 2.37. The SMILES string of the molecule is Cc1cccc(C[C@@H](NC(=O)Cc2cc(C(F)(F)F)cc(C(F)(F)F)c2)C(N)=O)c1. The number of nitrogens with one attached hydrogen (secondary N) is 1. The van der Waals surface area contributed by atoms with Crippen molar-refractivity contribution < 1.29 is 35.9 Å². The summed E-state index contributed by atoms with van der Waals surface area (Å²) in [5, 5.41) is 2.27. The molecule has 0 aliphatic heterocycles. The van der Waals surface area contributed by atoms with Gasteiger partial charge in [0.25, 0.3) is 0 Å². The van der Waals surface area contributed by atoms with E-state index in [2.05, 4.69) is 5.32 Å². The minimum Gasteiger partial charge on any atom is -0.368 e. The fraction of sp³-hybridized carbons (Fsp3) is 0.300. The number of primary amides is 1. The summed E-state index contributed by atoms with van der Waals surface area (Å²) in [5.41, 5.74) is 3.31. The minimum absolute atomic E-state index is 0.0225. The first-order chi connectivity index (χ1) is 13.8. The molecule has 162 valence electrons. The summed E-state index contributed by atoms with van der Waals surface area (Å²) >= 11 is 0. The Morgan fingerprint density at radius 3 is 1.97 bits per heavy atom. The molecule has 0 aliphatic carbocycles. The van der Waals surface area contributed by atoms with E-state index in [1.807, 2.05) is 13.0 Å². The summed E-state index contributed by atoms with van der Waals surface area (Å²) in [6.07, 6.45) is -10.8. The molecule has 0 saturated heterocycles. The first-order valence-electron chi connectivity index (χ1n) is 8.68. The highest BCUT2D eigenvalue weighted by molar-refractivity contribution is 5.87. The number of alkyl halides is 6. The summed E-state index contributed by atoms with van der Waals surface area (Å²) in [6, 6.07) is 6.72. The normalized spacial score (nSPS) is 13.0. The van der Waals surface area contributed by atoms with Gasteiger partial charge in [-0.05, 0) is 36.2 Å². The molecule has 3 N–H and O–H groups in total. The highest BCUT2D eigenvalue weighted by Crippen LogP contribution is 2.36. The third-order valence-electron chi connectivity index (χ3n) is 4.21. The summed E-state index contributed by atoms with van der Waals surface area (Å²) in [6.45, 7) is 1.81. The van der Waals surface area contributed by atoms with E-state index in [9.17, 15) is 35.9 Å². The molecule has 2 aromatic carbocycles. The molecule has 2 aromatic rings. The van der Waals surface area contributed by atoms with Gasteiger partial charge in [0, 0.05) is 6.42 Å². The van der Waals surface area contributed by atoms with Crippen LogP contribution in [0.4, 0.5) is 26.3 Å². The van der Waals surface area contributed by atoms with E-state index < -0.39 is 53.3 Å². The number of aryl methyl sites for hydroxylation is 1. The first-order valence-corrected chi connectivity index (χ1v) is 8.68. The van der Waals surface area contributed by atoms with Gasteiger partial charge in [0.2, 0.25) is 11.8 Å². The van der Waals surface area contributed by atoms with Crippen LogP contribution in [0.3, 0.4) is 0 Å². The molecule has 0 radical (unpaired) electrons. The van der Waals surface area contributed by atoms with Crippen LogP contribution < -0.4 is 11.1 Å². The molecule has 2 amide bonds. The Hall–Kier alpha value is -3.04. The third kappa shape index (κ3) is 6.50. The molecule has 0 unspecified atom stereocenters. The van der Waals surface area contributed by atoms with Crippen LogP contribution in [-0.2, 0) is 34.8 Å². The van der Waals surface area contributed by atoms with Gasteiger partial charge in [-0.15, -0.1) is 0 Å². The van der Waals surface area contributed by atoms with Crippen molar-refractivity contribution >= 4 is 11.8 Å². The van der Waals surface area contributed by atoms with E-state index in [0.29, 0.717) is 17.7 Å². The maximum absolute atomic E-state index is 12.9. The van der Waals surface area contributed by atoms with Gasteiger partial charge in [-0.1, -0.05) is 29.8 Å². The molecule has 30 heavy (non-hydrogen) atoms. The second kappa shape index (κ2) is 8.76. The van der Waals surface area contributed by atoms with Gasteiger partial charge in [-0.3, -0.25) is 9.59 Å². The second-order valence-electron chi connectivity index (χ2n) is 6.81. The quantitative estimate of drug-likeness (QED) is 0.682. The summed E-state index contributed by atoms with van der Waals surface area (Å²) < 4.78 is 77.6. The lowest BCUT2D eigenvalue weighted by atomic mass is 10.0. The van der Waals surface area contributed by atoms with Crippen molar-refractivity contribution in [3.05, 3.63) is 70.3 Å². The van der Waals surface area contributed by atoms with Crippen LogP contribution in [0.2, 0.25) is 0 Å². The van der Waals surface area contributed by atoms with E-state index in [0.717, 1.165) is 5.56 Å². The molecule has 0 saturated carbocycles. The highest BCUT2D eigenvalue weighted by atomic mass is 19.4. The van der Waals surface area contributed by atoms with E-state index in [-0.39, 0.29) is 12.5 Å². The molecule has 4 nitrogen and oxygen atoms in total. The summed E-state index contributed by atoms with van der Waals surface area (Å²) in [4.78, 5) is 23.9. The van der Waals surface area contributed by atoms with Gasteiger partial charge in [0.05, 0.1) is 17.5 Å². The van der Waals surface area contributed by atoms with Crippen LogP contribution in [0.5, 0.6) is 0 Å². The Balaban J connectivity index is 2.21. The molecule has 0 spiro atoms. The maximum atomic E-state index is 12.9. The average molecular weight is 432 g/mol. The molecule has 0 aromatic heterocycles. The topological polar surface area (TPSA) is 72.2 Å². The summed E-state index contributed by atoms with van der Waals surface area (Å²) in [5.74, 6) is -1.82. The standard InChI is InChI=1S/C20H18F6N2O2/c1-11-3-2-4-12(5-11)8-16(18(27)30)28-17(29)9-13-6-14(19(21,22)23)10-15(7-13)20(24,25)26/h2-7,10,16H,8-9H2,1H3,(H2,27,30)(H,28,29)/t16-/m1/s1. The number of carbonyl (C=O) groups excluding carboxylic acids is 2. The van der Waals surface area contributed by atoms with Crippen LogP contribution in [0.1, 0.15) is 27.8 Å². The number of benzene rings is 2. The second-order valence-corrected chi connectivity index (χ2v) is 6.81. The predicted molar refractivity (Wildman–Crippen MR) is 96.2 cm³/mol. The van der Waals surface area contributed by atoms with E-state index in [1.54, 1.807) is 18.2 Å². The van der Waals surface area contributed by atoms with Crippen LogP contribution in [-0.4, -0.2) is 17.9 Å². The Kier molecular flexibility index (Phi) is 6.79. The fourth-order valence-electron chi connectivity index (χ4n) is 2.85. The fourth-order valence-corrected chi connectivity index (χ4v) is 2.85. The Morgan fingerprint density at radius 2 is 1.50 bits per heavy atom. The van der Waals surface area contributed by atoms with Crippen LogP contribution in [0.25, 0.3) is 0 Å². The minimum atomic E-state index is -5.02. The molecular formula is C20H18F6N2O2. The number of amides is 2. The van der Waals surface area contributed by atoms with Gasteiger partial charge in [0.1, 0.15) is 6.04 Å². The molecule has 2 rings (SSSR count). The first kappa shape index (κ1) is 23.2. The molecule has 0 fully saturated rings. The number of halogens is 6. The monoisotopic (exact) mass is 432 g/mol. The molecule has 0 aliphatic rings. The molecule has 10 heteroatoms. The number of nitrogens with two attached hydrogens (primary N) is 1. The van der Waals surface area contributed by atoms with E-state index >= 15 is 0 Å². The van der Waals surface area contributed by atoms with Gasteiger partial charge >= 0.3 is 12.4 Å². The Morgan fingerprint density at radius 1 is 0.933 bits per heavy atom. The number of hydrogen-bond donors (Lipinski definition) is 2. The zero-order chi connectivity index (χ0) is 22.7. The largest absolute Gasteiger partial charge is 0.416 e. The number of hydrogen-bond acceptors (Lipinski definition) is 2. The molecule has 0 heterocycles. The van der Waals surface area contributed by atoms with E-state index in [1.165, 1.54) is 0 Å². The molecule has 0 bridgehead atoms. The Labute approximate surface area is 168 Å². The lowest BCUT2D eigenvalue weighted by molar-refractivity contribution is -0.143. The maximum Gasteiger partial charge on any atom is 0.416 e. The van der Waals surface area contributed by atoms with Gasteiger partial charge < -0.3 is 11.1 Å².